The van der Waals surface area contributed by atoms with Gasteiger partial charge in [0.2, 0.25) is 0 Å². The van der Waals surface area contributed by atoms with Crippen LogP contribution in [0.5, 0.6) is 0 Å². The van der Waals surface area contributed by atoms with Crippen LogP contribution in [0.3, 0.4) is 0 Å². The van der Waals surface area contributed by atoms with E-state index in [0.717, 1.165) is 0 Å². The molecule has 90 valence electrons. The van der Waals surface area contributed by atoms with E-state index >= 15 is 0 Å². The van der Waals surface area contributed by atoms with Crippen molar-refractivity contribution in [3.8, 4) is 0 Å². The Bertz CT molecular complexity index is 525. The van der Waals surface area contributed by atoms with Gasteiger partial charge in [-0.25, -0.2) is 4.39 Å². The molecule has 1 unspecified atom stereocenters. The fourth-order valence-corrected chi connectivity index (χ4v) is 2.50. The number of furan rings is 1. The van der Waals surface area contributed by atoms with Crippen LogP contribution < -0.4 is 0 Å². The first-order chi connectivity index (χ1) is 8.09. The van der Waals surface area contributed by atoms with Crippen molar-refractivity contribution in [1.29, 1.82) is 0 Å². The van der Waals surface area contributed by atoms with Gasteiger partial charge >= 0.3 is 0 Å². The van der Waals surface area contributed by atoms with Gasteiger partial charge in [-0.15, -0.1) is 0 Å². The minimum atomic E-state index is -0.735. The predicted molar refractivity (Wildman–Crippen MR) is 69.2 cm³/mol. The monoisotopic (exact) mass is 362 g/mol. The Kier molecular flexibility index (Phi) is 4.01. The van der Waals surface area contributed by atoms with Gasteiger partial charge < -0.3 is 9.52 Å². The molecule has 0 fully saturated rings. The Morgan fingerprint density at radius 2 is 2.06 bits per heavy atom. The first-order valence-electron chi connectivity index (χ1n) is 4.93. The molecule has 5 heteroatoms. The normalized spacial score (nSPS) is 12.7. The number of halogens is 3. The third-order valence-corrected chi connectivity index (χ3v) is 3.98. The second-order valence-electron chi connectivity index (χ2n) is 3.58. The summed E-state index contributed by atoms with van der Waals surface area (Å²) in [6, 6.07) is 6.44. The molecule has 0 bridgehead atoms. The van der Waals surface area contributed by atoms with Crippen LogP contribution in [0.15, 0.2) is 44.1 Å². The molecule has 1 atom stereocenters. The van der Waals surface area contributed by atoms with Crippen LogP contribution in [-0.2, 0) is 6.42 Å². The topological polar surface area (TPSA) is 33.4 Å². The van der Waals surface area contributed by atoms with Gasteiger partial charge in [0.25, 0.3) is 0 Å². The highest BCUT2D eigenvalue weighted by Gasteiger charge is 2.16. The van der Waals surface area contributed by atoms with E-state index in [-0.39, 0.29) is 5.82 Å². The predicted octanol–water partition coefficient (Wildman–Crippen LogP) is 4.22. The summed E-state index contributed by atoms with van der Waals surface area (Å²) in [7, 11) is 0. The molecule has 0 amide bonds. The van der Waals surface area contributed by atoms with Crippen molar-refractivity contribution in [2.75, 3.05) is 0 Å². The molecule has 0 saturated carbocycles. The molecule has 2 aromatic rings. The van der Waals surface area contributed by atoms with E-state index in [4.69, 9.17) is 4.42 Å². The highest BCUT2D eigenvalue weighted by atomic mass is 79.9. The van der Waals surface area contributed by atoms with Gasteiger partial charge in [-0.3, -0.25) is 0 Å². The van der Waals surface area contributed by atoms with Gasteiger partial charge in [-0.05, 0) is 49.6 Å². The zero-order chi connectivity index (χ0) is 12.4. The molecule has 1 heterocycles. The Morgan fingerprint density at radius 3 is 2.71 bits per heavy atom. The maximum absolute atomic E-state index is 13.3. The smallest absolute Gasteiger partial charge is 0.174 e. The number of hydrogen-bond acceptors (Lipinski definition) is 2. The Balaban J connectivity index is 2.22. The third kappa shape index (κ3) is 2.78. The van der Waals surface area contributed by atoms with Crippen molar-refractivity contribution in [2.24, 2.45) is 0 Å². The van der Waals surface area contributed by atoms with E-state index in [9.17, 15) is 9.50 Å². The van der Waals surface area contributed by atoms with Gasteiger partial charge in [0, 0.05) is 12.0 Å². The van der Waals surface area contributed by atoms with Crippen LogP contribution in [-0.4, -0.2) is 5.11 Å². The van der Waals surface area contributed by atoms with Crippen LogP contribution in [0, 0.1) is 5.82 Å². The van der Waals surface area contributed by atoms with E-state index in [1.54, 1.807) is 18.2 Å². The van der Waals surface area contributed by atoms with Crippen LogP contribution in [0.2, 0.25) is 0 Å². The first-order valence-corrected chi connectivity index (χ1v) is 6.52. The second kappa shape index (κ2) is 5.33. The lowest BCUT2D eigenvalue weighted by molar-refractivity contribution is 0.176. The molecule has 0 aliphatic carbocycles. The lowest BCUT2D eigenvalue weighted by Crippen LogP contribution is -2.02. The second-order valence-corrected chi connectivity index (χ2v) is 5.10. The molecule has 2 nitrogen and oxygen atoms in total. The van der Waals surface area contributed by atoms with E-state index < -0.39 is 6.10 Å². The average Bonchev–Trinajstić information content (AvgIpc) is 2.71. The summed E-state index contributed by atoms with van der Waals surface area (Å²) in [4.78, 5) is 0. The average molecular weight is 364 g/mol. The molecule has 1 N–H and O–H groups in total. The molecule has 0 spiro atoms. The SMILES string of the molecule is OC(Cc1cccc(F)c1Br)c1ccoc1Br. The lowest BCUT2D eigenvalue weighted by atomic mass is 10.0. The summed E-state index contributed by atoms with van der Waals surface area (Å²) >= 11 is 6.37. The van der Waals surface area contributed by atoms with Crippen molar-refractivity contribution >= 4 is 31.9 Å². The van der Waals surface area contributed by atoms with Crippen molar-refractivity contribution in [3.63, 3.8) is 0 Å². The maximum atomic E-state index is 13.3. The number of aliphatic hydroxyl groups excluding tert-OH is 1. The Morgan fingerprint density at radius 1 is 1.29 bits per heavy atom. The first kappa shape index (κ1) is 12.8. The molecule has 0 aliphatic heterocycles. The molecule has 1 aromatic carbocycles. The molecular weight excluding hydrogens is 355 g/mol. The fourth-order valence-electron chi connectivity index (χ4n) is 1.57. The van der Waals surface area contributed by atoms with E-state index in [2.05, 4.69) is 31.9 Å². The van der Waals surface area contributed by atoms with Gasteiger partial charge in [0.1, 0.15) is 5.82 Å². The highest BCUT2D eigenvalue weighted by molar-refractivity contribution is 9.10. The minimum absolute atomic E-state index is 0.316. The van der Waals surface area contributed by atoms with Gasteiger partial charge in [0.15, 0.2) is 4.67 Å². The lowest BCUT2D eigenvalue weighted by Gasteiger charge is -2.11. The van der Waals surface area contributed by atoms with Crippen molar-refractivity contribution in [1.82, 2.24) is 0 Å². The summed E-state index contributed by atoms with van der Waals surface area (Å²) in [6.07, 6.45) is 1.07. The van der Waals surface area contributed by atoms with E-state index in [1.807, 2.05) is 0 Å². The largest absolute Gasteiger partial charge is 0.457 e. The van der Waals surface area contributed by atoms with Crippen LogP contribution in [0.4, 0.5) is 4.39 Å². The van der Waals surface area contributed by atoms with Crippen molar-refractivity contribution < 1.29 is 13.9 Å². The molecule has 0 saturated heterocycles. The maximum Gasteiger partial charge on any atom is 0.174 e. The molecule has 0 aliphatic rings. The summed E-state index contributed by atoms with van der Waals surface area (Å²) in [5, 5.41) is 10.0. The number of hydrogen-bond donors (Lipinski definition) is 1. The number of aliphatic hydroxyl groups is 1. The zero-order valence-electron chi connectivity index (χ0n) is 8.66. The molecule has 17 heavy (non-hydrogen) atoms. The number of rotatable bonds is 3. The van der Waals surface area contributed by atoms with Crippen LogP contribution in [0.1, 0.15) is 17.2 Å². The van der Waals surface area contributed by atoms with Crippen molar-refractivity contribution in [3.05, 3.63) is 56.6 Å². The third-order valence-electron chi connectivity index (χ3n) is 2.45. The zero-order valence-corrected chi connectivity index (χ0v) is 11.8. The molecule has 0 radical (unpaired) electrons. The summed E-state index contributed by atoms with van der Waals surface area (Å²) in [5.74, 6) is -0.332. The Labute approximate surface area is 115 Å². The number of benzene rings is 1. The highest BCUT2D eigenvalue weighted by Crippen LogP contribution is 2.30. The van der Waals surface area contributed by atoms with Crippen LogP contribution in [0.25, 0.3) is 0 Å². The van der Waals surface area contributed by atoms with Gasteiger partial charge in [-0.2, -0.15) is 0 Å². The van der Waals surface area contributed by atoms with E-state index in [1.165, 1.54) is 12.3 Å². The van der Waals surface area contributed by atoms with Gasteiger partial charge in [0.05, 0.1) is 16.8 Å². The molecule has 2 rings (SSSR count). The summed E-state index contributed by atoms with van der Waals surface area (Å²) < 4.78 is 19.2. The van der Waals surface area contributed by atoms with E-state index in [0.29, 0.717) is 26.7 Å². The minimum Gasteiger partial charge on any atom is -0.457 e. The van der Waals surface area contributed by atoms with Crippen molar-refractivity contribution in [2.45, 2.75) is 12.5 Å². The quantitative estimate of drug-likeness (QED) is 0.885. The summed E-state index contributed by atoms with van der Waals surface area (Å²) in [5.41, 5.74) is 1.37. The molecular formula is C12H9Br2FO2. The van der Waals surface area contributed by atoms with Crippen LogP contribution >= 0.6 is 31.9 Å². The summed E-state index contributed by atoms with van der Waals surface area (Å²) in [6.45, 7) is 0. The fraction of sp³-hybridized carbons (Fsp3) is 0.167. The standard InChI is InChI=1S/C12H9Br2FO2/c13-11-7(2-1-3-9(11)15)6-10(16)8-4-5-17-12(8)14/h1-5,10,16H,6H2. The molecule has 1 aromatic heterocycles. The Hall–Kier alpha value is -0.650. The van der Waals surface area contributed by atoms with Gasteiger partial charge in [-0.1, -0.05) is 12.1 Å².